The molecule has 4 nitrogen and oxygen atoms in total. The predicted molar refractivity (Wildman–Crippen MR) is 89.6 cm³/mol. The number of hydrogen-bond donors (Lipinski definition) is 2. The van der Waals surface area contributed by atoms with E-state index < -0.39 is 0 Å². The van der Waals surface area contributed by atoms with Gasteiger partial charge in [-0.25, -0.2) is 4.98 Å². The van der Waals surface area contributed by atoms with Crippen LogP contribution in [0.2, 0.25) is 0 Å². The highest BCUT2D eigenvalue weighted by molar-refractivity contribution is 5.75. The van der Waals surface area contributed by atoms with Gasteiger partial charge in [-0.05, 0) is 50.3 Å². The molecule has 1 aliphatic carbocycles. The van der Waals surface area contributed by atoms with Gasteiger partial charge in [-0.2, -0.15) is 0 Å². The second kappa shape index (κ2) is 7.25. The molecule has 2 unspecified atom stereocenters. The minimum atomic E-state index is -0.0615. The molecule has 2 atom stereocenters. The molecule has 1 aliphatic rings. The molecule has 1 heterocycles. The number of para-hydroxylation sites is 2. The van der Waals surface area contributed by atoms with Crippen molar-refractivity contribution in [1.82, 2.24) is 14.9 Å². The van der Waals surface area contributed by atoms with Crippen molar-refractivity contribution in [3.05, 3.63) is 30.1 Å². The number of aliphatic hydroxyl groups excluding tert-OH is 1. The van der Waals surface area contributed by atoms with Gasteiger partial charge in [0, 0.05) is 7.05 Å². The Balaban J connectivity index is 1.43. The first-order chi connectivity index (χ1) is 10.8. The Morgan fingerprint density at radius 2 is 2.09 bits per heavy atom. The molecule has 4 heteroatoms. The topological polar surface area (TPSA) is 50.1 Å². The molecule has 120 valence electrons. The van der Waals surface area contributed by atoms with Crippen molar-refractivity contribution in [3.8, 4) is 0 Å². The molecule has 1 aromatic carbocycles. The third-order valence-electron chi connectivity index (χ3n) is 4.96. The van der Waals surface area contributed by atoms with E-state index in [1.54, 1.807) is 0 Å². The zero-order chi connectivity index (χ0) is 15.4. The van der Waals surface area contributed by atoms with E-state index >= 15 is 0 Å². The lowest BCUT2D eigenvalue weighted by atomic mass is 9.83. The summed E-state index contributed by atoms with van der Waals surface area (Å²) in [4.78, 5) is 4.67. The lowest BCUT2D eigenvalue weighted by Gasteiger charge is -2.27. The first-order valence-corrected chi connectivity index (χ1v) is 8.55. The lowest BCUT2D eigenvalue weighted by molar-refractivity contribution is 0.0643. The van der Waals surface area contributed by atoms with Crippen LogP contribution in [0.3, 0.4) is 0 Å². The monoisotopic (exact) mass is 301 g/mol. The number of aryl methyl sites for hydroxylation is 1. The van der Waals surface area contributed by atoms with E-state index in [1.807, 2.05) is 6.07 Å². The maximum Gasteiger partial charge on any atom is 0.123 e. The van der Waals surface area contributed by atoms with Crippen molar-refractivity contribution in [3.63, 3.8) is 0 Å². The SMILES string of the molecule is Cn1c(CNCCCC2CCCCC2O)nc2ccccc21. The van der Waals surface area contributed by atoms with Crippen LogP contribution in [-0.2, 0) is 13.6 Å². The Bertz CT molecular complexity index is 607. The Labute approximate surface area is 132 Å². The fourth-order valence-electron chi connectivity index (χ4n) is 3.57. The summed E-state index contributed by atoms with van der Waals surface area (Å²) in [5.74, 6) is 1.60. The van der Waals surface area contributed by atoms with Crippen molar-refractivity contribution in [2.75, 3.05) is 6.54 Å². The number of benzene rings is 1. The molecule has 0 aliphatic heterocycles. The molecule has 2 N–H and O–H groups in total. The third kappa shape index (κ3) is 3.50. The van der Waals surface area contributed by atoms with Gasteiger partial charge in [0.25, 0.3) is 0 Å². The van der Waals surface area contributed by atoms with Gasteiger partial charge >= 0.3 is 0 Å². The number of hydrogen-bond acceptors (Lipinski definition) is 3. The van der Waals surface area contributed by atoms with Gasteiger partial charge in [0.15, 0.2) is 0 Å². The van der Waals surface area contributed by atoms with Crippen LogP contribution in [0.1, 0.15) is 44.3 Å². The summed E-state index contributed by atoms with van der Waals surface area (Å²) in [6, 6.07) is 8.25. The second-order valence-electron chi connectivity index (χ2n) is 6.51. The average molecular weight is 301 g/mol. The van der Waals surface area contributed by atoms with Crippen molar-refractivity contribution in [2.45, 2.75) is 51.2 Å². The quantitative estimate of drug-likeness (QED) is 0.806. The summed E-state index contributed by atoms with van der Waals surface area (Å²) in [6.45, 7) is 1.80. The van der Waals surface area contributed by atoms with E-state index in [9.17, 15) is 5.11 Å². The number of rotatable bonds is 6. The highest BCUT2D eigenvalue weighted by atomic mass is 16.3. The smallest absolute Gasteiger partial charge is 0.123 e. The number of fused-ring (bicyclic) bond motifs is 1. The van der Waals surface area contributed by atoms with Gasteiger partial charge in [0.2, 0.25) is 0 Å². The first-order valence-electron chi connectivity index (χ1n) is 8.55. The van der Waals surface area contributed by atoms with E-state index in [4.69, 9.17) is 0 Å². The number of aromatic nitrogens is 2. The molecule has 0 radical (unpaired) electrons. The van der Waals surface area contributed by atoms with Crippen molar-refractivity contribution >= 4 is 11.0 Å². The minimum Gasteiger partial charge on any atom is -0.393 e. The van der Waals surface area contributed by atoms with Crippen LogP contribution < -0.4 is 5.32 Å². The van der Waals surface area contributed by atoms with Crippen molar-refractivity contribution in [2.24, 2.45) is 13.0 Å². The Kier molecular flexibility index (Phi) is 5.11. The van der Waals surface area contributed by atoms with Crippen LogP contribution in [0.4, 0.5) is 0 Å². The molecule has 0 amide bonds. The van der Waals surface area contributed by atoms with Crippen LogP contribution in [0.15, 0.2) is 24.3 Å². The number of aliphatic hydroxyl groups is 1. The normalized spacial score (nSPS) is 22.3. The highest BCUT2D eigenvalue weighted by Gasteiger charge is 2.22. The van der Waals surface area contributed by atoms with Crippen LogP contribution in [0.25, 0.3) is 11.0 Å². The summed E-state index contributed by atoms with van der Waals surface area (Å²) < 4.78 is 2.16. The second-order valence-corrected chi connectivity index (χ2v) is 6.51. The maximum absolute atomic E-state index is 9.99. The van der Waals surface area contributed by atoms with Gasteiger partial charge in [0.05, 0.1) is 23.7 Å². The summed E-state index contributed by atoms with van der Waals surface area (Å²) in [7, 11) is 2.07. The Morgan fingerprint density at radius 1 is 1.27 bits per heavy atom. The van der Waals surface area contributed by atoms with Crippen LogP contribution >= 0.6 is 0 Å². The number of imidazole rings is 1. The first kappa shape index (κ1) is 15.5. The minimum absolute atomic E-state index is 0.0615. The van der Waals surface area contributed by atoms with Gasteiger partial charge in [-0.1, -0.05) is 25.0 Å². The molecule has 0 spiro atoms. The van der Waals surface area contributed by atoms with Crippen LogP contribution in [0.5, 0.6) is 0 Å². The summed E-state index contributed by atoms with van der Waals surface area (Å²) in [6.07, 6.45) is 6.89. The summed E-state index contributed by atoms with van der Waals surface area (Å²) >= 11 is 0. The van der Waals surface area contributed by atoms with Gasteiger partial charge in [-0.15, -0.1) is 0 Å². The average Bonchev–Trinajstić information content (AvgIpc) is 2.86. The molecule has 0 saturated heterocycles. The zero-order valence-electron chi connectivity index (χ0n) is 13.5. The van der Waals surface area contributed by atoms with E-state index in [0.29, 0.717) is 5.92 Å². The largest absolute Gasteiger partial charge is 0.393 e. The van der Waals surface area contributed by atoms with Gasteiger partial charge in [0.1, 0.15) is 5.82 Å². The summed E-state index contributed by atoms with van der Waals surface area (Å²) in [5.41, 5.74) is 2.25. The third-order valence-corrected chi connectivity index (χ3v) is 4.96. The van der Waals surface area contributed by atoms with Crippen LogP contribution in [-0.4, -0.2) is 27.3 Å². The Morgan fingerprint density at radius 3 is 2.91 bits per heavy atom. The zero-order valence-corrected chi connectivity index (χ0v) is 13.5. The van der Waals surface area contributed by atoms with Crippen molar-refractivity contribution in [1.29, 1.82) is 0 Å². The van der Waals surface area contributed by atoms with Gasteiger partial charge in [-0.3, -0.25) is 0 Å². The van der Waals surface area contributed by atoms with Crippen molar-refractivity contribution < 1.29 is 5.11 Å². The predicted octanol–water partition coefficient (Wildman–Crippen LogP) is 2.99. The Hall–Kier alpha value is -1.39. The molecule has 1 aromatic heterocycles. The lowest BCUT2D eigenvalue weighted by Crippen LogP contribution is -2.25. The van der Waals surface area contributed by atoms with Crippen LogP contribution in [0, 0.1) is 5.92 Å². The standard InChI is InChI=1S/C18H27N3O/c1-21-16-10-4-3-9-15(16)20-18(21)13-19-12-6-8-14-7-2-5-11-17(14)22/h3-4,9-10,14,17,19,22H,2,5-8,11-13H2,1H3. The molecule has 22 heavy (non-hydrogen) atoms. The number of nitrogens with zero attached hydrogens (tertiary/aromatic N) is 2. The fourth-order valence-corrected chi connectivity index (χ4v) is 3.57. The highest BCUT2D eigenvalue weighted by Crippen LogP contribution is 2.27. The number of nitrogens with one attached hydrogen (secondary N) is 1. The molecular weight excluding hydrogens is 274 g/mol. The molecular formula is C18H27N3O. The van der Waals surface area contributed by atoms with Gasteiger partial charge < -0.3 is 15.0 Å². The molecule has 1 saturated carbocycles. The molecule has 3 rings (SSSR count). The fraction of sp³-hybridized carbons (Fsp3) is 0.611. The van der Waals surface area contributed by atoms with E-state index in [2.05, 4.69) is 40.1 Å². The maximum atomic E-state index is 9.99. The molecule has 1 fully saturated rings. The van der Waals surface area contributed by atoms with E-state index in [-0.39, 0.29) is 6.10 Å². The van der Waals surface area contributed by atoms with E-state index in [1.165, 1.54) is 24.8 Å². The molecule has 0 bridgehead atoms. The molecule has 2 aromatic rings. The van der Waals surface area contributed by atoms with E-state index in [0.717, 1.165) is 43.7 Å². The summed E-state index contributed by atoms with van der Waals surface area (Å²) in [5, 5.41) is 13.5.